The van der Waals surface area contributed by atoms with E-state index in [1.807, 2.05) is 66.7 Å². The van der Waals surface area contributed by atoms with E-state index in [1.54, 1.807) is 6.07 Å². The Morgan fingerprint density at radius 1 is 0.750 bits per heavy atom. The monoisotopic (exact) mass is 479 g/mol. The number of nitrogens with one attached hydrogen (secondary N) is 1. The van der Waals surface area contributed by atoms with Gasteiger partial charge >= 0.3 is 5.97 Å². The Morgan fingerprint density at radius 3 is 2.22 bits per heavy atom. The molecule has 0 bridgehead atoms. The van der Waals surface area contributed by atoms with Crippen molar-refractivity contribution in [3.05, 3.63) is 108 Å². The molecule has 0 aliphatic carbocycles. The zero-order chi connectivity index (χ0) is 24.7. The molecule has 1 heterocycles. The molecule has 4 aromatic carbocycles. The highest BCUT2D eigenvalue weighted by Gasteiger charge is 2.18. The number of fused-ring (bicyclic) bond motifs is 1. The van der Waals surface area contributed by atoms with Gasteiger partial charge in [0.1, 0.15) is 0 Å². The van der Waals surface area contributed by atoms with Gasteiger partial charge in [0.2, 0.25) is 0 Å². The summed E-state index contributed by atoms with van der Waals surface area (Å²) in [5.74, 6) is -0.880. The van der Waals surface area contributed by atoms with Crippen LogP contribution in [0.5, 0.6) is 0 Å². The number of nitrogens with zero attached hydrogens (tertiary/aromatic N) is 2. The van der Waals surface area contributed by atoms with Gasteiger partial charge in [0.15, 0.2) is 6.61 Å². The third-order valence-corrected chi connectivity index (χ3v) is 6.48. The summed E-state index contributed by atoms with van der Waals surface area (Å²) in [7, 11) is 0. The molecule has 1 N–H and O–H groups in total. The maximum Gasteiger partial charge on any atom is 0.339 e. The van der Waals surface area contributed by atoms with E-state index in [-0.39, 0.29) is 12.5 Å². The fourth-order valence-corrected chi connectivity index (χ4v) is 4.57. The lowest BCUT2D eigenvalue weighted by atomic mass is 10.1. The van der Waals surface area contributed by atoms with Crippen molar-refractivity contribution in [1.29, 1.82) is 0 Å². The van der Waals surface area contributed by atoms with E-state index >= 15 is 0 Å². The number of carbonyl (C=O) groups is 2. The van der Waals surface area contributed by atoms with Crippen LogP contribution in [0.3, 0.4) is 0 Å². The van der Waals surface area contributed by atoms with Gasteiger partial charge in [0.25, 0.3) is 5.91 Å². The van der Waals surface area contributed by atoms with Crippen LogP contribution in [0.25, 0.3) is 10.8 Å². The average molecular weight is 480 g/mol. The summed E-state index contributed by atoms with van der Waals surface area (Å²) in [5, 5.41) is 4.57. The van der Waals surface area contributed by atoms with E-state index in [1.165, 1.54) is 5.56 Å². The van der Waals surface area contributed by atoms with E-state index in [2.05, 4.69) is 39.4 Å². The Labute approximate surface area is 211 Å². The van der Waals surface area contributed by atoms with Crippen LogP contribution in [-0.4, -0.2) is 49.6 Å². The molecule has 1 aliphatic heterocycles. The molecule has 1 fully saturated rings. The van der Waals surface area contributed by atoms with Crippen LogP contribution in [0.2, 0.25) is 0 Å². The van der Waals surface area contributed by atoms with Crippen molar-refractivity contribution in [3.63, 3.8) is 0 Å². The lowest BCUT2D eigenvalue weighted by molar-refractivity contribution is -0.119. The Morgan fingerprint density at radius 2 is 1.44 bits per heavy atom. The number of amides is 1. The Kier molecular flexibility index (Phi) is 7.24. The van der Waals surface area contributed by atoms with Crippen LogP contribution >= 0.6 is 0 Å². The van der Waals surface area contributed by atoms with Gasteiger partial charge in [-0.3, -0.25) is 9.69 Å². The molecule has 6 heteroatoms. The number of piperazine rings is 1. The maximum absolute atomic E-state index is 12.5. The molecule has 0 aromatic heterocycles. The topological polar surface area (TPSA) is 61.9 Å². The summed E-state index contributed by atoms with van der Waals surface area (Å²) >= 11 is 0. The van der Waals surface area contributed by atoms with E-state index in [0.717, 1.165) is 49.2 Å². The third kappa shape index (κ3) is 5.73. The normalized spacial score (nSPS) is 13.9. The van der Waals surface area contributed by atoms with E-state index in [4.69, 9.17) is 4.74 Å². The van der Waals surface area contributed by atoms with Crippen molar-refractivity contribution < 1.29 is 14.3 Å². The minimum absolute atomic E-state index is 0.340. The molecule has 0 radical (unpaired) electrons. The summed E-state index contributed by atoms with van der Waals surface area (Å²) in [5.41, 5.74) is 3.60. The fourth-order valence-electron chi connectivity index (χ4n) is 4.57. The largest absolute Gasteiger partial charge is 0.452 e. The highest BCUT2D eigenvalue weighted by atomic mass is 16.5. The van der Waals surface area contributed by atoms with Crippen LogP contribution < -0.4 is 10.2 Å². The number of rotatable bonds is 7. The minimum Gasteiger partial charge on any atom is -0.452 e. The molecule has 1 saturated heterocycles. The zero-order valence-corrected chi connectivity index (χ0v) is 20.1. The van der Waals surface area contributed by atoms with Gasteiger partial charge in [0.05, 0.1) is 5.56 Å². The standard InChI is InChI=1S/C30H29N3O3/c34-29(22-36-30(35)28-12-6-10-24-9-4-5-11-27(24)28)31-25-13-15-26(16-14-25)33-19-17-32(18-20-33)21-23-7-2-1-3-8-23/h1-16H,17-22H2,(H,31,34). The van der Waals surface area contributed by atoms with Crippen molar-refractivity contribution in [2.75, 3.05) is 43.0 Å². The first-order chi connectivity index (χ1) is 17.7. The quantitative estimate of drug-likeness (QED) is 0.380. The highest BCUT2D eigenvalue weighted by Crippen LogP contribution is 2.21. The zero-order valence-electron chi connectivity index (χ0n) is 20.1. The number of anilines is 2. The van der Waals surface area contributed by atoms with Crippen LogP contribution in [0.4, 0.5) is 11.4 Å². The Bertz CT molecular complexity index is 1330. The molecule has 4 aromatic rings. The van der Waals surface area contributed by atoms with Gasteiger partial charge in [-0.2, -0.15) is 0 Å². The summed E-state index contributed by atoms with van der Waals surface area (Å²) in [6.07, 6.45) is 0. The molecule has 0 atom stereocenters. The predicted octanol–water partition coefficient (Wildman–Crippen LogP) is 4.96. The van der Waals surface area contributed by atoms with E-state index in [9.17, 15) is 9.59 Å². The van der Waals surface area contributed by atoms with Crippen LogP contribution in [0.1, 0.15) is 15.9 Å². The average Bonchev–Trinajstić information content (AvgIpc) is 2.93. The van der Waals surface area contributed by atoms with Gasteiger partial charge in [-0.05, 0) is 46.7 Å². The fraction of sp³-hybridized carbons (Fsp3) is 0.200. The molecule has 5 rings (SSSR count). The van der Waals surface area contributed by atoms with Crippen molar-refractivity contribution in [2.45, 2.75) is 6.54 Å². The molecule has 182 valence electrons. The molecule has 1 aliphatic rings. The summed E-state index contributed by atoms with van der Waals surface area (Å²) in [6.45, 7) is 4.58. The lowest BCUT2D eigenvalue weighted by Crippen LogP contribution is -2.45. The van der Waals surface area contributed by atoms with Gasteiger partial charge in [-0.15, -0.1) is 0 Å². The maximum atomic E-state index is 12.5. The first-order valence-electron chi connectivity index (χ1n) is 12.2. The number of hydrogen-bond donors (Lipinski definition) is 1. The molecule has 0 saturated carbocycles. The van der Waals surface area contributed by atoms with Crippen LogP contribution in [0.15, 0.2) is 97.1 Å². The number of ether oxygens (including phenoxy) is 1. The molecule has 0 unspecified atom stereocenters. The summed E-state index contributed by atoms with van der Waals surface area (Å²) in [6, 6.07) is 31.4. The van der Waals surface area contributed by atoms with Crippen molar-refractivity contribution in [2.24, 2.45) is 0 Å². The molecule has 36 heavy (non-hydrogen) atoms. The SMILES string of the molecule is O=C(COC(=O)c1cccc2ccccc12)Nc1ccc(N2CCN(Cc3ccccc3)CC2)cc1. The third-order valence-electron chi connectivity index (χ3n) is 6.48. The van der Waals surface area contributed by atoms with Gasteiger partial charge in [-0.1, -0.05) is 66.7 Å². The van der Waals surface area contributed by atoms with Gasteiger partial charge < -0.3 is 15.0 Å². The summed E-state index contributed by atoms with van der Waals surface area (Å²) in [4.78, 5) is 29.8. The Hall–Kier alpha value is -4.16. The number of carbonyl (C=O) groups excluding carboxylic acids is 2. The second kappa shape index (κ2) is 11.1. The molecular weight excluding hydrogens is 450 g/mol. The smallest absolute Gasteiger partial charge is 0.339 e. The summed E-state index contributed by atoms with van der Waals surface area (Å²) < 4.78 is 5.28. The second-order valence-corrected chi connectivity index (χ2v) is 8.95. The molecule has 0 spiro atoms. The lowest BCUT2D eigenvalue weighted by Gasteiger charge is -2.36. The molecular formula is C30H29N3O3. The predicted molar refractivity (Wildman–Crippen MR) is 143 cm³/mol. The van der Waals surface area contributed by atoms with Gasteiger partial charge in [-0.25, -0.2) is 4.79 Å². The van der Waals surface area contributed by atoms with Crippen molar-refractivity contribution in [3.8, 4) is 0 Å². The second-order valence-electron chi connectivity index (χ2n) is 8.95. The Balaban J connectivity index is 1.10. The first-order valence-corrected chi connectivity index (χ1v) is 12.2. The first kappa shape index (κ1) is 23.6. The number of hydrogen-bond acceptors (Lipinski definition) is 5. The number of benzene rings is 4. The number of esters is 1. The van der Waals surface area contributed by atoms with Gasteiger partial charge in [0, 0.05) is 44.1 Å². The van der Waals surface area contributed by atoms with E-state index < -0.39 is 5.97 Å². The van der Waals surface area contributed by atoms with Crippen LogP contribution in [-0.2, 0) is 16.1 Å². The highest BCUT2D eigenvalue weighted by molar-refractivity contribution is 6.05. The van der Waals surface area contributed by atoms with Crippen LogP contribution in [0, 0.1) is 0 Å². The van der Waals surface area contributed by atoms with Crippen molar-refractivity contribution in [1.82, 2.24) is 4.90 Å². The molecule has 1 amide bonds. The van der Waals surface area contributed by atoms with E-state index in [0.29, 0.717) is 11.3 Å². The van der Waals surface area contributed by atoms with Crippen molar-refractivity contribution >= 4 is 34.0 Å². The molecule has 6 nitrogen and oxygen atoms in total. The minimum atomic E-state index is -0.510.